The van der Waals surface area contributed by atoms with Crippen molar-refractivity contribution in [3.05, 3.63) is 10.8 Å². The van der Waals surface area contributed by atoms with Gasteiger partial charge in [-0.25, -0.2) is 9.97 Å². The zero-order valence-corrected chi connectivity index (χ0v) is 11.6. The molecule has 5 nitrogen and oxygen atoms in total. The molecule has 1 aliphatic rings. The van der Waals surface area contributed by atoms with Crippen molar-refractivity contribution in [1.29, 1.82) is 0 Å². The number of hydrogen-bond donors (Lipinski definition) is 1. The zero-order chi connectivity index (χ0) is 12.4. The highest BCUT2D eigenvalue weighted by Crippen LogP contribution is 2.32. The smallest absolute Gasteiger partial charge is 0.148 e. The van der Waals surface area contributed by atoms with Crippen LogP contribution < -0.4 is 10.6 Å². The lowest BCUT2D eigenvalue weighted by atomic mass is 10.0. The van der Waals surface area contributed by atoms with E-state index in [1.54, 1.807) is 7.11 Å². The Balaban J connectivity index is 2.20. The Morgan fingerprint density at radius 2 is 2.29 bits per heavy atom. The van der Waals surface area contributed by atoms with Crippen molar-refractivity contribution in [3.63, 3.8) is 0 Å². The summed E-state index contributed by atoms with van der Waals surface area (Å²) in [4.78, 5) is 10.5. The topological polar surface area (TPSA) is 64.3 Å². The molecule has 2 rings (SSSR count). The summed E-state index contributed by atoms with van der Waals surface area (Å²) < 4.78 is 6.18. The molecule has 1 saturated heterocycles. The Bertz CT molecular complexity index is 401. The molecular formula is C11H17BrN4O. The fourth-order valence-electron chi connectivity index (χ4n) is 2.23. The van der Waals surface area contributed by atoms with E-state index in [4.69, 9.17) is 10.5 Å². The molecule has 0 aromatic carbocycles. The van der Waals surface area contributed by atoms with Crippen LogP contribution in [-0.2, 0) is 4.74 Å². The van der Waals surface area contributed by atoms with Crippen molar-refractivity contribution in [1.82, 2.24) is 9.97 Å². The standard InChI is InChI=1S/C11H17BrN4O/c1-7-5-8(17-2)3-4-16(7)11-9(12)10(13)14-6-15-11/h6-8H,3-5H2,1-2H3,(H2,13,14,15). The maximum Gasteiger partial charge on any atom is 0.148 e. The van der Waals surface area contributed by atoms with E-state index in [0.29, 0.717) is 18.0 Å². The summed E-state index contributed by atoms with van der Waals surface area (Å²) in [5, 5.41) is 0. The Morgan fingerprint density at radius 1 is 1.53 bits per heavy atom. The van der Waals surface area contributed by atoms with E-state index < -0.39 is 0 Å². The highest BCUT2D eigenvalue weighted by Gasteiger charge is 2.27. The first-order valence-electron chi connectivity index (χ1n) is 5.69. The number of anilines is 2. The summed E-state index contributed by atoms with van der Waals surface area (Å²) in [5.41, 5.74) is 5.78. The van der Waals surface area contributed by atoms with Gasteiger partial charge in [0, 0.05) is 19.7 Å². The van der Waals surface area contributed by atoms with Crippen molar-refractivity contribution in [2.75, 3.05) is 24.3 Å². The lowest BCUT2D eigenvalue weighted by molar-refractivity contribution is 0.0719. The number of aromatic nitrogens is 2. The number of rotatable bonds is 2. The predicted molar refractivity (Wildman–Crippen MR) is 71.0 cm³/mol. The van der Waals surface area contributed by atoms with E-state index in [1.165, 1.54) is 6.33 Å². The van der Waals surface area contributed by atoms with Crippen molar-refractivity contribution < 1.29 is 4.74 Å². The number of hydrogen-bond acceptors (Lipinski definition) is 5. The third-order valence-corrected chi connectivity index (χ3v) is 3.99. The van der Waals surface area contributed by atoms with E-state index in [0.717, 1.165) is 29.7 Å². The van der Waals surface area contributed by atoms with Crippen LogP contribution in [0.15, 0.2) is 10.8 Å². The third-order valence-electron chi connectivity index (χ3n) is 3.23. The van der Waals surface area contributed by atoms with Crippen LogP contribution in [0.25, 0.3) is 0 Å². The van der Waals surface area contributed by atoms with Gasteiger partial charge < -0.3 is 15.4 Å². The van der Waals surface area contributed by atoms with E-state index in [1.807, 2.05) is 0 Å². The number of nitrogen functional groups attached to an aromatic ring is 1. The van der Waals surface area contributed by atoms with Gasteiger partial charge in [-0.3, -0.25) is 0 Å². The second-order valence-electron chi connectivity index (χ2n) is 4.32. The van der Waals surface area contributed by atoms with Crippen LogP contribution in [0.4, 0.5) is 11.6 Å². The molecule has 2 N–H and O–H groups in total. The normalized spacial score (nSPS) is 25.0. The zero-order valence-electron chi connectivity index (χ0n) is 10.1. The highest BCUT2D eigenvalue weighted by molar-refractivity contribution is 9.10. The van der Waals surface area contributed by atoms with Crippen LogP contribution in [0.3, 0.4) is 0 Å². The molecule has 0 saturated carbocycles. The molecule has 0 aliphatic carbocycles. The van der Waals surface area contributed by atoms with E-state index in [-0.39, 0.29) is 0 Å². The number of ether oxygens (including phenoxy) is 1. The molecular weight excluding hydrogens is 284 g/mol. The summed E-state index contributed by atoms with van der Waals surface area (Å²) in [5.74, 6) is 1.36. The molecule has 0 spiro atoms. The maximum absolute atomic E-state index is 5.78. The second kappa shape index (κ2) is 5.18. The van der Waals surface area contributed by atoms with Crippen LogP contribution in [0, 0.1) is 0 Å². The number of halogens is 1. The van der Waals surface area contributed by atoms with Crippen molar-refractivity contribution in [3.8, 4) is 0 Å². The van der Waals surface area contributed by atoms with Gasteiger partial charge in [0.1, 0.15) is 22.4 Å². The second-order valence-corrected chi connectivity index (χ2v) is 5.11. The molecule has 94 valence electrons. The third kappa shape index (κ3) is 2.52. The average Bonchev–Trinajstić information content (AvgIpc) is 2.33. The van der Waals surface area contributed by atoms with Gasteiger partial charge in [-0.05, 0) is 35.7 Å². The number of nitrogens with two attached hydrogens (primary N) is 1. The van der Waals surface area contributed by atoms with E-state index in [2.05, 4.69) is 37.7 Å². The molecule has 0 radical (unpaired) electrons. The fourth-order valence-corrected chi connectivity index (χ4v) is 2.66. The van der Waals surface area contributed by atoms with E-state index in [9.17, 15) is 0 Å². The van der Waals surface area contributed by atoms with Crippen LogP contribution in [0.5, 0.6) is 0 Å². The van der Waals surface area contributed by atoms with Gasteiger partial charge in [0.2, 0.25) is 0 Å². The first kappa shape index (κ1) is 12.6. The fraction of sp³-hybridized carbons (Fsp3) is 0.636. The largest absolute Gasteiger partial charge is 0.383 e. The first-order chi connectivity index (χ1) is 8.13. The minimum atomic E-state index is 0.346. The first-order valence-corrected chi connectivity index (χ1v) is 6.48. The SMILES string of the molecule is COC1CCN(c2ncnc(N)c2Br)C(C)C1. The van der Waals surface area contributed by atoms with Crippen molar-refractivity contribution >= 4 is 27.6 Å². The lowest BCUT2D eigenvalue weighted by Crippen LogP contribution is -2.44. The van der Waals surface area contributed by atoms with Crippen LogP contribution in [0.1, 0.15) is 19.8 Å². The summed E-state index contributed by atoms with van der Waals surface area (Å²) in [6.45, 7) is 3.10. The van der Waals surface area contributed by atoms with Crippen molar-refractivity contribution in [2.45, 2.75) is 31.9 Å². The molecule has 2 atom stereocenters. The summed E-state index contributed by atoms with van der Waals surface area (Å²) in [6.07, 6.45) is 3.87. The van der Waals surface area contributed by atoms with Gasteiger partial charge in [0.05, 0.1) is 6.10 Å². The van der Waals surface area contributed by atoms with Crippen LogP contribution >= 0.6 is 15.9 Å². The van der Waals surface area contributed by atoms with Crippen LogP contribution in [0.2, 0.25) is 0 Å². The molecule has 1 aromatic heterocycles. The predicted octanol–water partition coefficient (Wildman–Crippen LogP) is 1.82. The monoisotopic (exact) mass is 300 g/mol. The molecule has 0 bridgehead atoms. The van der Waals surface area contributed by atoms with Gasteiger partial charge in [0.25, 0.3) is 0 Å². The molecule has 2 unspecified atom stereocenters. The number of methoxy groups -OCH3 is 1. The van der Waals surface area contributed by atoms with Gasteiger partial charge in [-0.15, -0.1) is 0 Å². The summed E-state index contributed by atoms with van der Waals surface area (Å²) in [7, 11) is 1.77. The van der Waals surface area contributed by atoms with Gasteiger partial charge >= 0.3 is 0 Å². The molecule has 6 heteroatoms. The molecule has 1 aromatic rings. The van der Waals surface area contributed by atoms with Gasteiger partial charge in [-0.2, -0.15) is 0 Å². The molecule has 1 fully saturated rings. The summed E-state index contributed by atoms with van der Waals surface area (Å²) in [6, 6.07) is 0.388. The number of piperidine rings is 1. The average molecular weight is 301 g/mol. The quantitative estimate of drug-likeness (QED) is 0.903. The Kier molecular flexibility index (Phi) is 3.83. The van der Waals surface area contributed by atoms with Crippen LogP contribution in [-0.4, -0.2) is 35.8 Å². The molecule has 2 heterocycles. The lowest BCUT2D eigenvalue weighted by Gasteiger charge is -2.38. The highest BCUT2D eigenvalue weighted by atomic mass is 79.9. The molecule has 17 heavy (non-hydrogen) atoms. The minimum absolute atomic E-state index is 0.346. The molecule has 1 aliphatic heterocycles. The van der Waals surface area contributed by atoms with Crippen molar-refractivity contribution in [2.24, 2.45) is 0 Å². The Hall–Kier alpha value is -0.880. The number of nitrogens with zero attached hydrogens (tertiary/aromatic N) is 3. The summed E-state index contributed by atoms with van der Waals surface area (Å²) >= 11 is 3.45. The Labute approximate surface area is 110 Å². The molecule has 0 amide bonds. The minimum Gasteiger partial charge on any atom is -0.383 e. The Morgan fingerprint density at radius 3 is 2.94 bits per heavy atom. The van der Waals surface area contributed by atoms with Gasteiger partial charge in [0.15, 0.2) is 0 Å². The maximum atomic E-state index is 5.78. The van der Waals surface area contributed by atoms with Gasteiger partial charge in [-0.1, -0.05) is 0 Å². The van der Waals surface area contributed by atoms with E-state index >= 15 is 0 Å².